The number of nitrogens with zero attached hydrogens (tertiary/aromatic N) is 4. The van der Waals surface area contributed by atoms with Crippen LogP contribution in [0.1, 0.15) is 75.3 Å². The standard InChI is InChI=1S/C40H54N6O6/c47-35(41-21-13-19-31-15-5-1-6-16-31)27-33-39(51)46(30-38(50)44-25-11-4-12-26-44)34(28-36(48)42-22-14-20-32-17-7-2-8-18-32)40(52)45(33)29-37(49)43-23-9-3-10-24-43/h1-2,5-8,15-18,33-34H,3-4,9-14,19-30H2,(H,41,47)(H,42,48)/t33-,34-/m0/s1. The van der Waals surface area contributed by atoms with Gasteiger partial charge >= 0.3 is 0 Å². The van der Waals surface area contributed by atoms with Crippen LogP contribution >= 0.6 is 0 Å². The number of nitrogens with one attached hydrogen (secondary N) is 2. The van der Waals surface area contributed by atoms with E-state index in [1.54, 1.807) is 9.80 Å². The van der Waals surface area contributed by atoms with Gasteiger partial charge in [0.2, 0.25) is 35.4 Å². The number of likely N-dealkylation sites (tertiary alicyclic amines) is 2. The highest BCUT2D eigenvalue weighted by atomic mass is 16.2. The highest BCUT2D eigenvalue weighted by Gasteiger charge is 2.49. The average Bonchev–Trinajstić information content (AvgIpc) is 3.18. The van der Waals surface area contributed by atoms with E-state index in [4.69, 9.17) is 0 Å². The lowest BCUT2D eigenvalue weighted by molar-refractivity contribution is -0.167. The molecule has 2 N–H and O–H groups in total. The van der Waals surface area contributed by atoms with Gasteiger partial charge in [-0.25, -0.2) is 0 Å². The minimum Gasteiger partial charge on any atom is -0.356 e. The summed E-state index contributed by atoms with van der Waals surface area (Å²) in [5.74, 6) is -2.64. The molecule has 6 amide bonds. The van der Waals surface area contributed by atoms with Crippen LogP contribution < -0.4 is 10.6 Å². The number of benzene rings is 2. The van der Waals surface area contributed by atoms with Crippen molar-refractivity contribution in [2.75, 3.05) is 52.4 Å². The van der Waals surface area contributed by atoms with Gasteiger partial charge in [0, 0.05) is 39.3 Å². The molecule has 2 aromatic carbocycles. The summed E-state index contributed by atoms with van der Waals surface area (Å²) in [6.07, 6.45) is 7.64. The van der Waals surface area contributed by atoms with Crippen molar-refractivity contribution in [1.29, 1.82) is 0 Å². The first-order chi connectivity index (χ1) is 25.3. The van der Waals surface area contributed by atoms with Gasteiger partial charge in [-0.2, -0.15) is 0 Å². The second-order valence-corrected chi connectivity index (χ2v) is 14.1. The molecule has 0 aromatic heterocycles. The summed E-state index contributed by atoms with van der Waals surface area (Å²) in [5.41, 5.74) is 2.29. The number of hydrogen-bond acceptors (Lipinski definition) is 6. The molecule has 12 heteroatoms. The number of hydrogen-bond donors (Lipinski definition) is 2. The quantitative estimate of drug-likeness (QED) is 0.257. The zero-order chi connectivity index (χ0) is 36.7. The van der Waals surface area contributed by atoms with Crippen molar-refractivity contribution in [2.24, 2.45) is 0 Å². The van der Waals surface area contributed by atoms with Gasteiger partial charge in [0.25, 0.3) is 0 Å². The zero-order valence-electron chi connectivity index (χ0n) is 30.3. The maximum absolute atomic E-state index is 14.4. The fourth-order valence-corrected chi connectivity index (χ4v) is 7.33. The van der Waals surface area contributed by atoms with Gasteiger partial charge < -0.3 is 30.2 Å². The number of piperidine rings is 2. The average molecular weight is 715 g/mol. The fraction of sp³-hybridized carbons (Fsp3) is 0.550. The molecule has 0 bridgehead atoms. The van der Waals surface area contributed by atoms with Crippen LogP contribution in [0.15, 0.2) is 60.7 Å². The van der Waals surface area contributed by atoms with Crippen LogP contribution in [0.5, 0.6) is 0 Å². The number of aryl methyl sites for hydroxylation is 2. The maximum Gasteiger partial charge on any atom is 0.247 e. The fourth-order valence-electron chi connectivity index (χ4n) is 7.33. The predicted octanol–water partition coefficient (Wildman–Crippen LogP) is 2.70. The van der Waals surface area contributed by atoms with E-state index in [0.29, 0.717) is 52.1 Å². The number of amides is 6. The molecule has 52 heavy (non-hydrogen) atoms. The van der Waals surface area contributed by atoms with Crippen LogP contribution in [0.25, 0.3) is 0 Å². The van der Waals surface area contributed by atoms with Gasteiger partial charge in [-0.3, -0.25) is 28.8 Å². The number of piperazine rings is 1. The summed E-state index contributed by atoms with van der Waals surface area (Å²) >= 11 is 0. The van der Waals surface area contributed by atoms with Crippen molar-refractivity contribution in [3.05, 3.63) is 71.8 Å². The lowest BCUT2D eigenvalue weighted by Gasteiger charge is -2.45. The Morgan fingerprint density at radius 2 is 0.904 bits per heavy atom. The van der Waals surface area contributed by atoms with Crippen LogP contribution in [-0.4, -0.2) is 119 Å². The Bertz CT molecular complexity index is 1400. The molecule has 0 unspecified atom stereocenters. The van der Waals surface area contributed by atoms with Gasteiger partial charge in [0.15, 0.2) is 0 Å². The first-order valence-corrected chi connectivity index (χ1v) is 19.1. The number of rotatable bonds is 16. The third-order valence-corrected chi connectivity index (χ3v) is 10.3. The molecule has 3 fully saturated rings. The lowest BCUT2D eigenvalue weighted by Crippen LogP contribution is -2.68. The monoisotopic (exact) mass is 714 g/mol. The maximum atomic E-state index is 14.4. The van der Waals surface area contributed by atoms with Gasteiger partial charge in [-0.15, -0.1) is 0 Å². The Labute approximate surface area is 307 Å². The second-order valence-electron chi connectivity index (χ2n) is 14.1. The minimum atomic E-state index is -1.28. The summed E-state index contributed by atoms with van der Waals surface area (Å²) in [5, 5.41) is 5.76. The molecule has 280 valence electrons. The summed E-state index contributed by atoms with van der Waals surface area (Å²) < 4.78 is 0. The highest BCUT2D eigenvalue weighted by molar-refractivity contribution is 6.03. The summed E-state index contributed by atoms with van der Waals surface area (Å²) in [6, 6.07) is 17.3. The molecule has 0 spiro atoms. The van der Waals surface area contributed by atoms with Crippen LogP contribution in [-0.2, 0) is 41.6 Å². The van der Waals surface area contributed by atoms with E-state index < -0.39 is 35.7 Å². The molecule has 0 radical (unpaired) electrons. The number of carbonyl (C=O) groups is 6. The third kappa shape index (κ3) is 11.1. The van der Waals surface area contributed by atoms with Crippen molar-refractivity contribution in [3.63, 3.8) is 0 Å². The van der Waals surface area contributed by atoms with Crippen molar-refractivity contribution < 1.29 is 28.8 Å². The SMILES string of the molecule is O=C(C[C@H]1C(=O)N(CC(=O)N2CCCCC2)[C@@H](CC(=O)NCCCc2ccccc2)C(=O)N1CC(=O)N1CCCCC1)NCCCc1ccccc1. The number of carbonyl (C=O) groups excluding carboxylic acids is 6. The molecule has 3 aliphatic rings. The second kappa shape index (κ2) is 19.8. The normalized spacial score (nSPS) is 19.4. The molecule has 3 aliphatic heterocycles. The predicted molar refractivity (Wildman–Crippen MR) is 197 cm³/mol. The smallest absolute Gasteiger partial charge is 0.247 e. The van der Waals surface area contributed by atoms with Gasteiger partial charge in [0.05, 0.1) is 12.8 Å². The molecule has 5 rings (SSSR count). The van der Waals surface area contributed by atoms with E-state index in [-0.39, 0.29) is 37.7 Å². The van der Waals surface area contributed by atoms with Crippen molar-refractivity contribution >= 4 is 35.4 Å². The highest BCUT2D eigenvalue weighted by Crippen LogP contribution is 2.25. The summed E-state index contributed by atoms with van der Waals surface area (Å²) in [6.45, 7) is 2.25. The Morgan fingerprint density at radius 1 is 0.538 bits per heavy atom. The molecule has 2 atom stereocenters. The Kier molecular flexibility index (Phi) is 14.6. The van der Waals surface area contributed by atoms with Gasteiger partial charge in [-0.05, 0) is 75.3 Å². The van der Waals surface area contributed by atoms with Crippen LogP contribution in [0, 0.1) is 0 Å². The Morgan fingerprint density at radius 3 is 1.27 bits per heavy atom. The molecular formula is C40H54N6O6. The van der Waals surface area contributed by atoms with Crippen molar-refractivity contribution in [1.82, 2.24) is 30.2 Å². The third-order valence-electron chi connectivity index (χ3n) is 10.3. The minimum absolute atomic E-state index is 0.295. The van der Waals surface area contributed by atoms with Gasteiger partial charge in [0.1, 0.15) is 25.2 Å². The molecule has 2 aromatic rings. The van der Waals surface area contributed by atoms with E-state index >= 15 is 0 Å². The van der Waals surface area contributed by atoms with Crippen molar-refractivity contribution in [3.8, 4) is 0 Å². The van der Waals surface area contributed by atoms with Crippen LogP contribution in [0.2, 0.25) is 0 Å². The molecular weight excluding hydrogens is 660 g/mol. The van der Waals surface area contributed by atoms with Crippen LogP contribution in [0.4, 0.5) is 0 Å². The topological polar surface area (TPSA) is 139 Å². The summed E-state index contributed by atoms with van der Waals surface area (Å²) in [7, 11) is 0. The zero-order valence-corrected chi connectivity index (χ0v) is 30.3. The molecule has 0 aliphatic carbocycles. The first-order valence-electron chi connectivity index (χ1n) is 19.1. The lowest BCUT2D eigenvalue weighted by atomic mass is 9.98. The summed E-state index contributed by atoms with van der Waals surface area (Å²) in [4.78, 5) is 88.4. The van der Waals surface area contributed by atoms with Gasteiger partial charge in [-0.1, -0.05) is 60.7 Å². The van der Waals surface area contributed by atoms with E-state index in [0.717, 1.165) is 62.5 Å². The van der Waals surface area contributed by atoms with E-state index in [9.17, 15) is 28.8 Å². The molecule has 3 saturated heterocycles. The molecule has 0 saturated carbocycles. The van der Waals surface area contributed by atoms with E-state index in [2.05, 4.69) is 10.6 Å². The first kappa shape index (κ1) is 38.5. The van der Waals surface area contributed by atoms with E-state index in [1.165, 1.54) is 9.80 Å². The molecule has 3 heterocycles. The van der Waals surface area contributed by atoms with Crippen LogP contribution in [0.3, 0.4) is 0 Å². The van der Waals surface area contributed by atoms with Crippen molar-refractivity contribution in [2.45, 2.75) is 89.1 Å². The molecule has 12 nitrogen and oxygen atoms in total. The largest absolute Gasteiger partial charge is 0.356 e. The Hall–Kier alpha value is -4.74. The van der Waals surface area contributed by atoms with E-state index in [1.807, 2.05) is 60.7 Å². The Balaban J connectivity index is 1.31.